The van der Waals surface area contributed by atoms with Gasteiger partial charge < -0.3 is 4.90 Å². The largest absolute Gasteiger partial charge is 0.312 e. The summed E-state index contributed by atoms with van der Waals surface area (Å²) >= 11 is 0. The van der Waals surface area contributed by atoms with Crippen LogP contribution in [0.25, 0.3) is 6.08 Å². The number of carbonyl (C=O) groups is 2. The third kappa shape index (κ3) is 3.25. The van der Waals surface area contributed by atoms with Gasteiger partial charge in [0.25, 0.3) is 0 Å². The lowest BCUT2D eigenvalue weighted by Crippen LogP contribution is -2.23. The quantitative estimate of drug-likeness (QED) is 0.629. The Kier molecular flexibility index (Phi) is 4.51. The van der Waals surface area contributed by atoms with Crippen LogP contribution in [0.5, 0.6) is 0 Å². The van der Waals surface area contributed by atoms with Crippen molar-refractivity contribution in [2.75, 3.05) is 11.4 Å². The van der Waals surface area contributed by atoms with E-state index in [4.69, 9.17) is 0 Å². The lowest BCUT2D eigenvalue weighted by atomic mass is 10.1. The van der Waals surface area contributed by atoms with Gasteiger partial charge in [-0.15, -0.1) is 0 Å². The summed E-state index contributed by atoms with van der Waals surface area (Å²) in [5, 5.41) is 0. The molecule has 0 saturated carbocycles. The Labute approximate surface area is 138 Å². The summed E-state index contributed by atoms with van der Waals surface area (Å²) in [6.07, 6.45) is 3.75. The molecule has 0 N–H and O–H groups in total. The number of carbonyl (C=O) groups excluding carboxylic acids is 2. The summed E-state index contributed by atoms with van der Waals surface area (Å²) in [6, 6.07) is 10.5. The zero-order valence-electron chi connectivity index (χ0n) is 12.8. The molecular formula is C19H15F2NO2. The minimum Gasteiger partial charge on any atom is -0.312 e. The molecule has 122 valence electrons. The van der Waals surface area contributed by atoms with Crippen molar-refractivity contribution in [3.8, 4) is 0 Å². The smallest absolute Gasteiger partial charge is 0.227 e. The molecule has 0 aliphatic carbocycles. The van der Waals surface area contributed by atoms with Gasteiger partial charge in [0, 0.05) is 29.8 Å². The highest BCUT2D eigenvalue weighted by Crippen LogP contribution is 2.23. The van der Waals surface area contributed by atoms with Crippen LogP contribution in [0.4, 0.5) is 14.5 Å². The second kappa shape index (κ2) is 6.74. The number of nitrogens with zero attached hydrogens (tertiary/aromatic N) is 1. The summed E-state index contributed by atoms with van der Waals surface area (Å²) in [6.45, 7) is 0.640. The summed E-state index contributed by atoms with van der Waals surface area (Å²) in [7, 11) is 0. The van der Waals surface area contributed by atoms with Crippen molar-refractivity contribution in [3.63, 3.8) is 0 Å². The first-order valence-electron chi connectivity index (χ1n) is 7.63. The minimum absolute atomic E-state index is 0.00854. The Bertz CT molecular complexity index is 830. The molecule has 0 spiro atoms. The first-order valence-corrected chi connectivity index (χ1v) is 7.63. The van der Waals surface area contributed by atoms with Crippen LogP contribution in [0.15, 0.2) is 48.5 Å². The molecule has 0 atom stereocenters. The van der Waals surface area contributed by atoms with E-state index in [2.05, 4.69) is 0 Å². The molecule has 0 radical (unpaired) electrons. The van der Waals surface area contributed by atoms with Crippen LogP contribution in [0, 0.1) is 11.6 Å². The highest BCUT2D eigenvalue weighted by molar-refractivity contribution is 6.08. The number of anilines is 1. The van der Waals surface area contributed by atoms with E-state index in [0.717, 1.165) is 12.5 Å². The summed E-state index contributed by atoms with van der Waals surface area (Å²) in [4.78, 5) is 25.7. The molecule has 1 amide bonds. The van der Waals surface area contributed by atoms with Gasteiger partial charge in [-0.1, -0.05) is 24.3 Å². The van der Waals surface area contributed by atoms with Crippen molar-refractivity contribution in [2.24, 2.45) is 0 Å². The molecule has 2 aromatic rings. The Morgan fingerprint density at radius 1 is 1.12 bits per heavy atom. The third-order valence-electron chi connectivity index (χ3n) is 3.91. The number of benzene rings is 2. The zero-order chi connectivity index (χ0) is 17.1. The molecule has 3 rings (SSSR count). The van der Waals surface area contributed by atoms with Gasteiger partial charge >= 0.3 is 0 Å². The minimum atomic E-state index is -0.988. The Morgan fingerprint density at radius 3 is 2.67 bits per heavy atom. The fourth-order valence-electron chi connectivity index (χ4n) is 2.66. The van der Waals surface area contributed by atoms with Crippen LogP contribution in [-0.2, 0) is 4.79 Å². The standard InChI is InChI=1S/C19H15F2NO2/c20-16-7-2-4-13(19(16)21)9-10-17(23)14-5-1-6-15(12-14)22-11-3-8-18(22)24/h1-2,4-7,9-10,12H,3,8,11H2/b10-9+. The van der Waals surface area contributed by atoms with E-state index in [1.54, 1.807) is 29.2 Å². The van der Waals surface area contributed by atoms with E-state index in [1.165, 1.54) is 24.3 Å². The van der Waals surface area contributed by atoms with Crippen molar-refractivity contribution >= 4 is 23.5 Å². The van der Waals surface area contributed by atoms with Gasteiger partial charge in [0.05, 0.1) is 0 Å². The predicted octanol–water partition coefficient (Wildman–Crippen LogP) is 3.99. The summed E-state index contributed by atoms with van der Waals surface area (Å²) in [5.74, 6) is -2.25. The second-order valence-electron chi connectivity index (χ2n) is 5.54. The van der Waals surface area contributed by atoms with Crippen molar-refractivity contribution in [1.82, 2.24) is 0 Å². The molecule has 1 aliphatic rings. The normalized spacial score (nSPS) is 14.6. The molecule has 1 heterocycles. The monoisotopic (exact) mass is 327 g/mol. The maximum Gasteiger partial charge on any atom is 0.227 e. The molecular weight excluding hydrogens is 312 g/mol. The molecule has 2 aromatic carbocycles. The van der Waals surface area contributed by atoms with Gasteiger partial charge in [-0.05, 0) is 36.8 Å². The number of hydrogen-bond donors (Lipinski definition) is 0. The molecule has 1 saturated heterocycles. The lowest BCUT2D eigenvalue weighted by Gasteiger charge is -2.16. The van der Waals surface area contributed by atoms with Crippen molar-refractivity contribution in [3.05, 3.63) is 71.3 Å². The van der Waals surface area contributed by atoms with Crippen LogP contribution in [-0.4, -0.2) is 18.2 Å². The van der Waals surface area contributed by atoms with E-state index < -0.39 is 11.6 Å². The van der Waals surface area contributed by atoms with Crippen LogP contribution in [0.2, 0.25) is 0 Å². The van der Waals surface area contributed by atoms with Crippen molar-refractivity contribution in [1.29, 1.82) is 0 Å². The Balaban J connectivity index is 1.81. The summed E-state index contributed by atoms with van der Waals surface area (Å²) in [5.41, 5.74) is 1.07. The van der Waals surface area contributed by atoms with Gasteiger partial charge in [-0.25, -0.2) is 8.78 Å². The Hall–Kier alpha value is -2.82. The molecule has 3 nitrogen and oxygen atoms in total. The molecule has 24 heavy (non-hydrogen) atoms. The summed E-state index contributed by atoms with van der Waals surface area (Å²) < 4.78 is 26.7. The van der Waals surface area contributed by atoms with E-state index in [-0.39, 0.29) is 17.3 Å². The van der Waals surface area contributed by atoms with Crippen LogP contribution < -0.4 is 4.90 Å². The molecule has 0 bridgehead atoms. The SMILES string of the molecule is O=C(/C=C/c1cccc(F)c1F)c1cccc(N2CCCC2=O)c1. The Morgan fingerprint density at radius 2 is 1.92 bits per heavy atom. The van der Waals surface area contributed by atoms with Crippen LogP contribution in [0.1, 0.15) is 28.8 Å². The number of allylic oxidation sites excluding steroid dienone is 1. The number of hydrogen-bond acceptors (Lipinski definition) is 2. The van der Waals surface area contributed by atoms with Crippen molar-refractivity contribution in [2.45, 2.75) is 12.8 Å². The predicted molar refractivity (Wildman–Crippen MR) is 87.8 cm³/mol. The van der Waals surface area contributed by atoms with Crippen LogP contribution >= 0.6 is 0 Å². The van der Waals surface area contributed by atoms with E-state index in [0.29, 0.717) is 24.2 Å². The molecule has 5 heteroatoms. The molecule has 1 fully saturated rings. The average Bonchev–Trinajstić information content (AvgIpc) is 3.02. The van der Waals surface area contributed by atoms with Gasteiger partial charge in [0.15, 0.2) is 17.4 Å². The average molecular weight is 327 g/mol. The van der Waals surface area contributed by atoms with Gasteiger partial charge in [-0.2, -0.15) is 0 Å². The maximum absolute atomic E-state index is 13.6. The van der Waals surface area contributed by atoms with Crippen molar-refractivity contribution < 1.29 is 18.4 Å². The zero-order valence-corrected chi connectivity index (χ0v) is 12.8. The number of halogens is 2. The third-order valence-corrected chi connectivity index (χ3v) is 3.91. The molecule has 0 aromatic heterocycles. The number of ketones is 1. The first kappa shape index (κ1) is 16.1. The fraction of sp³-hybridized carbons (Fsp3) is 0.158. The van der Waals surface area contributed by atoms with E-state index in [1.807, 2.05) is 0 Å². The van der Waals surface area contributed by atoms with Gasteiger partial charge in [-0.3, -0.25) is 9.59 Å². The van der Waals surface area contributed by atoms with Gasteiger partial charge in [0.1, 0.15) is 0 Å². The molecule has 0 unspecified atom stereocenters. The maximum atomic E-state index is 13.6. The van der Waals surface area contributed by atoms with E-state index >= 15 is 0 Å². The topological polar surface area (TPSA) is 37.4 Å². The highest BCUT2D eigenvalue weighted by atomic mass is 19.2. The number of amides is 1. The number of rotatable bonds is 4. The highest BCUT2D eigenvalue weighted by Gasteiger charge is 2.22. The first-order chi connectivity index (χ1) is 11.6. The van der Waals surface area contributed by atoms with Gasteiger partial charge in [0.2, 0.25) is 5.91 Å². The second-order valence-corrected chi connectivity index (χ2v) is 5.54. The van der Waals surface area contributed by atoms with Crippen LogP contribution in [0.3, 0.4) is 0 Å². The van der Waals surface area contributed by atoms with E-state index in [9.17, 15) is 18.4 Å². The lowest BCUT2D eigenvalue weighted by molar-refractivity contribution is -0.117. The fourth-order valence-corrected chi connectivity index (χ4v) is 2.66. The molecule has 1 aliphatic heterocycles.